The van der Waals surface area contributed by atoms with Crippen LogP contribution >= 0.6 is 0 Å². The minimum atomic E-state index is -3.51. The molecule has 2 N–H and O–H groups in total. The lowest BCUT2D eigenvalue weighted by Crippen LogP contribution is -2.61. The average molecular weight is 218 g/mol. The Morgan fingerprint density at radius 1 is 1.64 bits per heavy atom. The Morgan fingerprint density at radius 2 is 2.21 bits per heavy atom. The Bertz CT molecular complexity index is 355. The molecule has 1 aliphatic rings. The van der Waals surface area contributed by atoms with Crippen molar-refractivity contribution in [1.29, 1.82) is 5.26 Å². The molecule has 0 saturated heterocycles. The van der Waals surface area contributed by atoms with Crippen LogP contribution in [0.2, 0.25) is 0 Å². The van der Waals surface area contributed by atoms with Gasteiger partial charge >= 0.3 is 0 Å². The number of aliphatic hydroxyl groups excluding tert-OH is 1. The quantitative estimate of drug-likeness (QED) is 0.673. The lowest BCUT2D eigenvalue weighted by molar-refractivity contribution is -0.0644. The van der Waals surface area contributed by atoms with E-state index in [9.17, 15) is 13.5 Å². The lowest BCUT2D eigenvalue weighted by atomic mass is 9.65. The van der Waals surface area contributed by atoms with Crippen LogP contribution in [0.1, 0.15) is 20.3 Å². The molecule has 1 fully saturated rings. The fraction of sp³-hybridized carbons (Fsp3) is 0.875. The smallest absolute Gasteiger partial charge is 0.225 e. The van der Waals surface area contributed by atoms with E-state index in [1.54, 1.807) is 19.9 Å². The van der Waals surface area contributed by atoms with E-state index in [0.717, 1.165) is 0 Å². The van der Waals surface area contributed by atoms with Crippen molar-refractivity contribution < 1.29 is 13.5 Å². The van der Waals surface area contributed by atoms with E-state index in [1.807, 2.05) is 0 Å². The molecule has 0 aromatic heterocycles. The number of nitriles is 1. The molecule has 2 atom stereocenters. The summed E-state index contributed by atoms with van der Waals surface area (Å²) in [6.45, 7) is 3.58. The standard InChI is InChI=1S/C8H14N2O3S/c1-8(2)6(5-7(8)11)10-14(12,13)4-3-9/h6-7,10-11H,4-5H2,1-2H3. The Kier molecular flexibility index (Phi) is 2.86. The van der Waals surface area contributed by atoms with E-state index in [4.69, 9.17) is 5.26 Å². The van der Waals surface area contributed by atoms with Gasteiger partial charge in [-0.15, -0.1) is 0 Å². The van der Waals surface area contributed by atoms with Gasteiger partial charge in [0.2, 0.25) is 10.0 Å². The molecule has 1 rings (SSSR count). The third kappa shape index (κ3) is 2.05. The van der Waals surface area contributed by atoms with Crippen molar-refractivity contribution >= 4 is 10.0 Å². The van der Waals surface area contributed by atoms with Crippen LogP contribution in [0, 0.1) is 16.7 Å². The zero-order valence-electron chi connectivity index (χ0n) is 8.19. The van der Waals surface area contributed by atoms with Gasteiger partial charge in [-0.25, -0.2) is 13.1 Å². The Labute approximate surface area is 83.8 Å². The Hall–Kier alpha value is -0.640. The fourth-order valence-electron chi connectivity index (χ4n) is 1.45. The second kappa shape index (κ2) is 3.50. The molecule has 0 aliphatic heterocycles. The first-order valence-electron chi connectivity index (χ1n) is 4.34. The molecule has 1 saturated carbocycles. The zero-order chi connectivity index (χ0) is 11.0. The second-order valence-corrected chi connectivity index (χ2v) is 5.91. The van der Waals surface area contributed by atoms with Crippen LogP contribution < -0.4 is 4.72 Å². The number of rotatable bonds is 3. The van der Waals surface area contributed by atoms with E-state index >= 15 is 0 Å². The lowest BCUT2D eigenvalue weighted by Gasteiger charge is -2.49. The molecule has 2 unspecified atom stereocenters. The minimum absolute atomic E-state index is 0.268. The predicted molar refractivity (Wildman–Crippen MR) is 50.7 cm³/mol. The predicted octanol–water partition coefficient (Wildman–Crippen LogP) is -0.411. The first-order chi connectivity index (χ1) is 6.29. The third-order valence-electron chi connectivity index (χ3n) is 2.79. The van der Waals surface area contributed by atoms with E-state index in [1.165, 1.54) is 0 Å². The molecule has 0 aromatic rings. The molecule has 5 nitrogen and oxygen atoms in total. The van der Waals surface area contributed by atoms with Gasteiger partial charge in [-0.1, -0.05) is 13.8 Å². The van der Waals surface area contributed by atoms with Crippen LogP contribution in [0.3, 0.4) is 0 Å². The molecule has 0 amide bonds. The van der Waals surface area contributed by atoms with Gasteiger partial charge in [0, 0.05) is 11.5 Å². The van der Waals surface area contributed by atoms with Crippen LogP contribution in [0.4, 0.5) is 0 Å². The summed E-state index contributed by atoms with van der Waals surface area (Å²) in [6, 6.07) is 1.32. The number of aliphatic hydroxyl groups is 1. The van der Waals surface area contributed by atoms with Gasteiger partial charge in [0.05, 0.1) is 12.2 Å². The number of sulfonamides is 1. The van der Waals surface area contributed by atoms with Crippen LogP contribution in [0.25, 0.3) is 0 Å². The molecule has 14 heavy (non-hydrogen) atoms. The monoisotopic (exact) mass is 218 g/mol. The normalized spacial score (nSPS) is 30.4. The maximum absolute atomic E-state index is 11.2. The van der Waals surface area contributed by atoms with E-state index in [0.29, 0.717) is 6.42 Å². The fourth-order valence-corrected chi connectivity index (χ4v) is 2.53. The van der Waals surface area contributed by atoms with Crippen LogP contribution in [0.5, 0.6) is 0 Å². The molecular formula is C8H14N2O3S. The molecule has 0 heterocycles. The molecule has 0 radical (unpaired) electrons. The molecule has 6 heteroatoms. The van der Waals surface area contributed by atoms with E-state index in [2.05, 4.69) is 4.72 Å². The highest BCUT2D eigenvalue weighted by Gasteiger charge is 2.48. The SMILES string of the molecule is CC1(C)C(O)CC1NS(=O)(=O)CC#N. The van der Waals surface area contributed by atoms with Crippen molar-refractivity contribution in [3.63, 3.8) is 0 Å². The highest BCUT2D eigenvalue weighted by atomic mass is 32.2. The molecule has 0 aromatic carbocycles. The number of hydrogen-bond donors (Lipinski definition) is 2. The van der Waals surface area contributed by atoms with Crippen LogP contribution in [0.15, 0.2) is 0 Å². The van der Waals surface area contributed by atoms with Crippen molar-refractivity contribution in [2.45, 2.75) is 32.4 Å². The van der Waals surface area contributed by atoms with Gasteiger partial charge in [-0.05, 0) is 6.42 Å². The van der Waals surface area contributed by atoms with E-state index in [-0.39, 0.29) is 6.04 Å². The summed E-state index contributed by atoms with van der Waals surface area (Å²) in [4.78, 5) is 0. The molecule has 1 aliphatic carbocycles. The minimum Gasteiger partial charge on any atom is -0.392 e. The zero-order valence-corrected chi connectivity index (χ0v) is 9.00. The summed E-state index contributed by atoms with van der Waals surface area (Å²) in [5.41, 5.74) is -0.442. The van der Waals surface area contributed by atoms with Crippen molar-refractivity contribution in [1.82, 2.24) is 4.72 Å². The van der Waals surface area contributed by atoms with Crippen LogP contribution in [-0.2, 0) is 10.0 Å². The van der Waals surface area contributed by atoms with Gasteiger partial charge in [-0.2, -0.15) is 5.26 Å². The summed E-state index contributed by atoms with van der Waals surface area (Å²) in [6.07, 6.45) is -0.0604. The van der Waals surface area contributed by atoms with Gasteiger partial charge in [0.1, 0.15) is 0 Å². The number of nitrogens with one attached hydrogen (secondary N) is 1. The van der Waals surface area contributed by atoms with Crippen molar-refractivity contribution in [2.75, 3.05) is 5.75 Å². The summed E-state index contributed by atoms with van der Waals surface area (Å²) < 4.78 is 24.8. The first-order valence-corrected chi connectivity index (χ1v) is 6.00. The Morgan fingerprint density at radius 3 is 2.57 bits per heavy atom. The largest absolute Gasteiger partial charge is 0.392 e. The molecule has 0 bridgehead atoms. The highest BCUT2D eigenvalue weighted by Crippen LogP contribution is 2.40. The number of nitrogens with zero attached hydrogens (tertiary/aromatic N) is 1. The highest BCUT2D eigenvalue weighted by molar-refractivity contribution is 7.89. The summed E-state index contributed by atoms with van der Waals surface area (Å²) >= 11 is 0. The van der Waals surface area contributed by atoms with Crippen molar-refractivity contribution in [3.05, 3.63) is 0 Å². The molecular weight excluding hydrogens is 204 g/mol. The van der Waals surface area contributed by atoms with Gasteiger partial charge < -0.3 is 5.11 Å². The van der Waals surface area contributed by atoms with Crippen LogP contribution in [-0.4, -0.2) is 31.4 Å². The van der Waals surface area contributed by atoms with Crippen molar-refractivity contribution in [3.8, 4) is 6.07 Å². The van der Waals surface area contributed by atoms with Gasteiger partial charge in [0.25, 0.3) is 0 Å². The van der Waals surface area contributed by atoms with Gasteiger partial charge in [-0.3, -0.25) is 0 Å². The number of hydrogen-bond acceptors (Lipinski definition) is 4. The summed E-state index contributed by atoms with van der Waals surface area (Å²) in [5.74, 6) is -0.532. The van der Waals surface area contributed by atoms with Gasteiger partial charge in [0.15, 0.2) is 5.75 Å². The maximum Gasteiger partial charge on any atom is 0.225 e. The summed E-state index contributed by atoms with van der Waals surface area (Å²) in [7, 11) is -3.51. The first kappa shape index (κ1) is 11.4. The molecule has 80 valence electrons. The third-order valence-corrected chi connectivity index (χ3v) is 3.95. The Balaban J connectivity index is 2.61. The second-order valence-electron chi connectivity index (χ2n) is 4.16. The van der Waals surface area contributed by atoms with Crippen molar-refractivity contribution in [2.24, 2.45) is 5.41 Å². The maximum atomic E-state index is 11.2. The average Bonchev–Trinajstić information content (AvgIpc) is 2.03. The molecule has 0 spiro atoms. The van der Waals surface area contributed by atoms with E-state index < -0.39 is 27.3 Å². The topological polar surface area (TPSA) is 90.2 Å². The summed E-state index contributed by atoms with van der Waals surface area (Å²) in [5, 5.41) is 17.6.